The lowest BCUT2D eigenvalue weighted by Gasteiger charge is -2.21. The molecule has 1 aromatic heterocycles. The fourth-order valence-electron chi connectivity index (χ4n) is 3.45. The lowest BCUT2D eigenvalue weighted by atomic mass is 9.93. The summed E-state index contributed by atoms with van der Waals surface area (Å²) in [7, 11) is 0. The van der Waals surface area contributed by atoms with Gasteiger partial charge in [-0.3, -0.25) is 4.68 Å². The van der Waals surface area contributed by atoms with E-state index in [0.29, 0.717) is 6.04 Å². The van der Waals surface area contributed by atoms with E-state index in [-0.39, 0.29) is 0 Å². The van der Waals surface area contributed by atoms with Gasteiger partial charge in [-0.05, 0) is 44.1 Å². The average Bonchev–Trinajstić information content (AvgIpc) is 2.99. The second kappa shape index (κ2) is 6.56. The smallest absolute Gasteiger partial charge is 0.0625 e. The Morgan fingerprint density at radius 2 is 2.11 bits per heavy atom. The van der Waals surface area contributed by atoms with Crippen LogP contribution in [0.4, 0.5) is 0 Å². The molecule has 2 rings (SSSR count). The Labute approximate surface area is 117 Å². The lowest BCUT2D eigenvalue weighted by Crippen LogP contribution is -2.32. The Morgan fingerprint density at radius 3 is 2.68 bits per heavy atom. The summed E-state index contributed by atoms with van der Waals surface area (Å²) in [6.07, 6.45) is 5.08. The Hall–Kier alpha value is -0.830. The molecule has 1 aliphatic carbocycles. The highest BCUT2D eigenvalue weighted by Crippen LogP contribution is 2.33. The summed E-state index contributed by atoms with van der Waals surface area (Å²) in [5.74, 6) is 1.73. The number of nitrogens with one attached hydrogen (secondary N) is 1. The molecule has 3 unspecified atom stereocenters. The van der Waals surface area contributed by atoms with E-state index < -0.39 is 0 Å². The summed E-state index contributed by atoms with van der Waals surface area (Å²) in [6, 6.07) is 2.95. The lowest BCUT2D eigenvalue weighted by molar-refractivity contribution is 0.341. The van der Waals surface area contributed by atoms with Crippen molar-refractivity contribution in [2.75, 3.05) is 0 Å². The van der Waals surface area contributed by atoms with Gasteiger partial charge in [-0.25, -0.2) is 0 Å². The molecule has 0 amide bonds. The minimum atomic E-state index is 0.690. The predicted molar refractivity (Wildman–Crippen MR) is 80.1 cm³/mol. The van der Waals surface area contributed by atoms with Crippen LogP contribution in [0.3, 0.4) is 0 Å². The van der Waals surface area contributed by atoms with Gasteiger partial charge in [-0.1, -0.05) is 27.2 Å². The number of rotatable bonds is 6. The maximum atomic E-state index is 4.62. The van der Waals surface area contributed by atoms with Crippen molar-refractivity contribution in [3.05, 3.63) is 17.5 Å². The molecule has 0 bridgehead atoms. The van der Waals surface area contributed by atoms with Crippen LogP contribution in [0.15, 0.2) is 6.07 Å². The molecule has 1 heterocycles. The zero-order valence-electron chi connectivity index (χ0n) is 12.9. The number of hydrogen-bond donors (Lipinski definition) is 1. The van der Waals surface area contributed by atoms with Gasteiger partial charge >= 0.3 is 0 Å². The highest BCUT2D eigenvalue weighted by Gasteiger charge is 2.31. The first-order valence-corrected chi connectivity index (χ1v) is 7.98. The molecule has 0 radical (unpaired) electrons. The highest BCUT2D eigenvalue weighted by atomic mass is 15.3. The van der Waals surface area contributed by atoms with E-state index in [9.17, 15) is 0 Å². The molecule has 0 spiro atoms. The molecule has 1 aliphatic rings. The minimum absolute atomic E-state index is 0.690. The Balaban J connectivity index is 1.93. The van der Waals surface area contributed by atoms with Crippen LogP contribution in [0.5, 0.6) is 0 Å². The number of aromatic nitrogens is 2. The summed E-state index contributed by atoms with van der Waals surface area (Å²) in [5.41, 5.74) is 2.55. The molecule has 19 heavy (non-hydrogen) atoms. The average molecular weight is 263 g/mol. The van der Waals surface area contributed by atoms with E-state index in [1.807, 2.05) is 0 Å². The van der Waals surface area contributed by atoms with Crippen molar-refractivity contribution < 1.29 is 0 Å². The zero-order chi connectivity index (χ0) is 13.8. The summed E-state index contributed by atoms with van der Waals surface area (Å²) >= 11 is 0. The SMILES string of the molecule is CCc1cc(CNC2CCC(CC)C2C)n(CC)n1. The van der Waals surface area contributed by atoms with E-state index in [2.05, 4.69) is 48.9 Å². The van der Waals surface area contributed by atoms with Crippen LogP contribution in [-0.4, -0.2) is 15.8 Å². The molecule has 0 aliphatic heterocycles. The minimum Gasteiger partial charge on any atom is -0.308 e. The molecule has 1 N–H and O–H groups in total. The summed E-state index contributed by atoms with van der Waals surface area (Å²) < 4.78 is 2.14. The van der Waals surface area contributed by atoms with Gasteiger partial charge in [0.25, 0.3) is 0 Å². The normalized spacial score (nSPS) is 27.1. The van der Waals surface area contributed by atoms with Crippen molar-refractivity contribution in [2.45, 2.75) is 72.5 Å². The summed E-state index contributed by atoms with van der Waals surface area (Å²) in [4.78, 5) is 0. The molecule has 1 fully saturated rings. The third-order valence-corrected chi connectivity index (χ3v) is 4.87. The molecule has 0 saturated heterocycles. The van der Waals surface area contributed by atoms with Gasteiger partial charge < -0.3 is 5.32 Å². The van der Waals surface area contributed by atoms with E-state index >= 15 is 0 Å². The molecule has 1 aromatic rings. The van der Waals surface area contributed by atoms with Crippen molar-refractivity contribution >= 4 is 0 Å². The number of aryl methyl sites for hydroxylation is 2. The van der Waals surface area contributed by atoms with E-state index in [1.54, 1.807) is 0 Å². The zero-order valence-corrected chi connectivity index (χ0v) is 12.9. The van der Waals surface area contributed by atoms with E-state index in [0.717, 1.165) is 31.3 Å². The van der Waals surface area contributed by atoms with Crippen LogP contribution in [0.2, 0.25) is 0 Å². The van der Waals surface area contributed by atoms with Crippen LogP contribution >= 0.6 is 0 Å². The Bertz CT molecular complexity index is 397. The van der Waals surface area contributed by atoms with Crippen molar-refractivity contribution in [1.82, 2.24) is 15.1 Å². The van der Waals surface area contributed by atoms with Gasteiger partial charge in [0.05, 0.1) is 11.4 Å². The largest absolute Gasteiger partial charge is 0.308 e. The standard InChI is InChI=1S/C16H29N3/c1-5-13-8-9-16(12(13)4)17-11-15-10-14(6-2)18-19(15)7-3/h10,12-13,16-17H,5-9,11H2,1-4H3. The second-order valence-electron chi connectivity index (χ2n) is 5.89. The molecule has 0 aromatic carbocycles. The Kier molecular flexibility index (Phi) is 5.03. The molecule has 3 heteroatoms. The number of nitrogens with zero attached hydrogens (tertiary/aromatic N) is 2. The first-order chi connectivity index (χ1) is 9.19. The van der Waals surface area contributed by atoms with Gasteiger partial charge in [-0.15, -0.1) is 0 Å². The van der Waals surface area contributed by atoms with E-state index in [4.69, 9.17) is 0 Å². The van der Waals surface area contributed by atoms with Crippen LogP contribution in [0, 0.1) is 11.8 Å². The van der Waals surface area contributed by atoms with Crippen molar-refractivity contribution in [2.24, 2.45) is 11.8 Å². The van der Waals surface area contributed by atoms with Crippen LogP contribution in [0.1, 0.15) is 58.3 Å². The van der Waals surface area contributed by atoms with E-state index in [1.165, 1.54) is 30.7 Å². The van der Waals surface area contributed by atoms with Gasteiger partial charge in [0.2, 0.25) is 0 Å². The van der Waals surface area contributed by atoms with Crippen molar-refractivity contribution in [1.29, 1.82) is 0 Å². The summed E-state index contributed by atoms with van der Waals surface area (Å²) in [6.45, 7) is 11.0. The first-order valence-electron chi connectivity index (χ1n) is 7.98. The van der Waals surface area contributed by atoms with Gasteiger partial charge in [-0.2, -0.15) is 5.10 Å². The topological polar surface area (TPSA) is 29.9 Å². The maximum Gasteiger partial charge on any atom is 0.0625 e. The van der Waals surface area contributed by atoms with Gasteiger partial charge in [0.15, 0.2) is 0 Å². The fourth-order valence-corrected chi connectivity index (χ4v) is 3.45. The maximum absolute atomic E-state index is 4.62. The van der Waals surface area contributed by atoms with Crippen molar-refractivity contribution in [3.63, 3.8) is 0 Å². The van der Waals surface area contributed by atoms with Crippen LogP contribution < -0.4 is 5.32 Å². The monoisotopic (exact) mass is 263 g/mol. The molecular formula is C16H29N3. The Morgan fingerprint density at radius 1 is 1.32 bits per heavy atom. The molecule has 3 nitrogen and oxygen atoms in total. The highest BCUT2D eigenvalue weighted by molar-refractivity contribution is 5.10. The van der Waals surface area contributed by atoms with Gasteiger partial charge in [0, 0.05) is 19.1 Å². The fraction of sp³-hybridized carbons (Fsp3) is 0.812. The molecule has 108 valence electrons. The van der Waals surface area contributed by atoms with Crippen LogP contribution in [0.25, 0.3) is 0 Å². The quantitative estimate of drug-likeness (QED) is 0.852. The second-order valence-corrected chi connectivity index (χ2v) is 5.89. The third kappa shape index (κ3) is 3.19. The predicted octanol–water partition coefficient (Wildman–Crippen LogP) is 3.38. The van der Waals surface area contributed by atoms with Crippen molar-refractivity contribution in [3.8, 4) is 0 Å². The number of hydrogen-bond acceptors (Lipinski definition) is 2. The third-order valence-electron chi connectivity index (χ3n) is 4.87. The molecular weight excluding hydrogens is 234 g/mol. The molecule has 3 atom stereocenters. The summed E-state index contributed by atoms with van der Waals surface area (Å²) in [5, 5.41) is 8.38. The first kappa shape index (κ1) is 14.6. The van der Waals surface area contributed by atoms with Gasteiger partial charge in [0.1, 0.15) is 0 Å². The molecule has 1 saturated carbocycles. The van der Waals surface area contributed by atoms with Crippen LogP contribution in [-0.2, 0) is 19.5 Å².